The summed E-state index contributed by atoms with van der Waals surface area (Å²) in [7, 11) is 1.69. The average molecular weight is 416 g/mol. The lowest BCUT2D eigenvalue weighted by atomic mass is 9.94. The van der Waals surface area contributed by atoms with E-state index in [-0.39, 0.29) is 0 Å². The molecule has 0 radical (unpaired) electrons. The Bertz CT molecular complexity index is 1000. The third-order valence-electron chi connectivity index (χ3n) is 5.44. The minimum absolute atomic E-state index is 0.515. The van der Waals surface area contributed by atoms with Gasteiger partial charge in [0.05, 0.1) is 6.26 Å². The Morgan fingerprint density at radius 1 is 1.24 bits per heavy atom. The summed E-state index contributed by atoms with van der Waals surface area (Å²) in [6.07, 6.45) is 0.531. The molecule has 4 rings (SSSR count). The highest BCUT2D eigenvalue weighted by Gasteiger charge is 2.49. The van der Waals surface area contributed by atoms with Gasteiger partial charge < -0.3 is 24.3 Å². The van der Waals surface area contributed by atoms with Crippen molar-refractivity contribution in [2.75, 3.05) is 7.05 Å². The van der Waals surface area contributed by atoms with Crippen molar-refractivity contribution in [1.82, 2.24) is 4.57 Å². The van der Waals surface area contributed by atoms with Crippen molar-refractivity contribution in [2.45, 2.75) is 37.6 Å². The molecule has 0 saturated carbocycles. The van der Waals surface area contributed by atoms with Crippen LogP contribution in [0.15, 0.2) is 46.7 Å². The summed E-state index contributed by atoms with van der Waals surface area (Å²) in [5.74, 6) is 0.515. The van der Waals surface area contributed by atoms with E-state index in [1.807, 2.05) is 25.1 Å². The van der Waals surface area contributed by atoms with Crippen LogP contribution in [0.2, 0.25) is 5.02 Å². The molecular weight excluding hydrogens is 394 g/mol. The highest BCUT2D eigenvalue weighted by molar-refractivity contribution is 6.30. The third-order valence-corrected chi connectivity index (χ3v) is 5.67. The number of rotatable bonds is 4. The Kier molecular flexibility index (Phi) is 5.31. The first kappa shape index (κ1) is 19.8. The SMILES string of the molecule is C=Nc1c(C(C)=NC)ccn1[C@@H]1O[C@H]([C@@H]2OC=Cc3cc(Cl)ccc32)[C@@H](O)[C@H]1O. The number of hydrogen-bond acceptors (Lipinski definition) is 6. The third kappa shape index (κ3) is 3.30. The van der Waals surface area contributed by atoms with Gasteiger partial charge in [0.25, 0.3) is 0 Å². The molecule has 1 aromatic heterocycles. The van der Waals surface area contributed by atoms with Gasteiger partial charge in [-0.15, -0.1) is 0 Å². The monoisotopic (exact) mass is 415 g/mol. The smallest absolute Gasteiger partial charge is 0.164 e. The molecular formula is C21H22ClN3O4. The maximum atomic E-state index is 10.8. The van der Waals surface area contributed by atoms with Gasteiger partial charge in [0.15, 0.2) is 12.3 Å². The van der Waals surface area contributed by atoms with Crippen molar-refractivity contribution >= 4 is 35.9 Å². The second-order valence-electron chi connectivity index (χ2n) is 7.03. The number of fused-ring (bicyclic) bond motifs is 1. The molecule has 2 aliphatic rings. The number of hydrogen-bond donors (Lipinski definition) is 2. The first-order valence-corrected chi connectivity index (χ1v) is 9.58. The van der Waals surface area contributed by atoms with Gasteiger partial charge in [-0.1, -0.05) is 17.7 Å². The lowest BCUT2D eigenvalue weighted by Gasteiger charge is -2.29. The van der Waals surface area contributed by atoms with Gasteiger partial charge in [-0.3, -0.25) is 4.99 Å². The fraction of sp³-hybridized carbons (Fsp3) is 0.333. The van der Waals surface area contributed by atoms with Crippen molar-refractivity contribution < 1.29 is 19.7 Å². The number of aliphatic imine (C=N–C) groups is 2. The van der Waals surface area contributed by atoms with Gasteiger partial charge in [-0.05, 0) is 43.5 Å². The molecule has 1 aromatic carbocycles. The normalized spacial score (nSPS) is 28.9. The van der Waals surface area contributed by atoms with E-state index in [0.717, 1.165) is 22.4 Å². The van der Waals surface area contributed by atoms with Crippen LogP contribution in [0.25, 0.3) is 6.08 Å². The molecule has 1 fully saturated rings. The number of aliphatic hydroxyl groups excluding tert-OH is 2. The van der Waals surface area contributed by atoms with E-state index < -0.39 is 30.6 Å². The lowest BCUT2D eigenvalue weighted by Crippen LogP contribution is -2.36. The Hall–Kier alpha value is -2.45. The van der Waals surface area contributed by atoms with Gasteiger partial charge in [-0.2, -0.15) is 0 Å². The van der Waals surface area contributed by atoms with E-state index in [9.17, 15) is 10.2 Å². The van der Waals surface area contributed by atoms with Crippen LogP contribution < -0.4 is 0 Å². The van der Waals surface area contributed by atoms with Crippen LogP contribution in [0, 0.1) is 0 Å². The highest BCUT2D eigenvalue weighted by atomic mass is 35.5. The highest BCUT2D eigenvalue weighted by Crippen LogP contribution is 2.42. The first-order valence-electron chi connectivity index (χ1n) is 9.20. The summed E-state index contributed by atoms with van der Waals surface area (Å²) >= 11 is 6.09. The van der Waals surface area contributed by atoms with Crippen LogP contribution >= 0.6 is 11.6 Å². The van der Waals surface area contributed by atoms with Crippen molar-refractivity contribution in [3.63, 3.8) is 0 Å². The van der Waals surface area contributed by atoms with E-state index in [1.54, 1.807) is 36.2 Å². The van der Waals surface area contributed by atoms with E-state index in [1.165, 1.54) is 0 Å². The van der Waals surface area contributed by atoms with Gasteiger partial charge in [0, 0.05) is 35.1 Å². The Morgan fingerprint density at radius 3 is 2.76 bits per heavy atom. The zero-order valence-corrected chi connectivity index (χ0v) is 16.8. The second-order valence-corrected chi connectivity index (χ2v) is 7.47. The molecule has 0 unspecified atom stereocenters. The largest absolute Gasteiger partial charge is 0.490 e. The van der Waals surface area contributed by atoms with E-state index in [4.69, 9.17) is 21.1 Å². The Morgan fingerprint density at radius 2 is 2.03 bits per heavy atom. The molecule has 1 saturated heterocycles. The molecule has 0 bridgehead atoms. The summed E-state index contributed by atoms with van der Waals surface area (Å²) in [6.45, 7) is 5.49. The Labute approximate surface area is 173 Å². The fourth-order valence-electron chi connectivity index (χ4n) is 3.85. The molecule has 3 heterocycles. The molecule has 0 spiro atoms. The zero-order chi connectivity index (χ0) is 20.7. The molecule has 0 amide bonds. The molecule has 7 nitrogen and oxygen atoms in total. The lowest BCUT2D eigenvalue weighted by molar-refractivity contribution is -0.0895. The summed E-state index contributed by atoms with van der Waals surface area (Å²) in [6, 6.07) is 7.26. The summed E-state index contributed by atoms with van der Waals surface area (Å²) in [5.41, 5.74) is 3.28. The molecule has 5 atom stereocenters. The summed E-state index contributed by atoms with van der Waals surface area (Å²) < 4.78 is 13.5. The maximum Gasteiger partial charge on any atom is 0.164 e. The van der Waals surface area contributed by atoms with Crippen molar-refractivity contribution in [3.8, 4) is 0 Å². The number of benzene rings is 1. The molecule has 2 aromatic rings. The van der Waals surface area contributed by atoms with Crippen molar-refractivity contribution in [1.29, 1.82) is 0 Å². The van der Waals surface area contributed by atoms with Crippen LogP contribution in [0.1, 0.15) is 35.9 Å². The number of nitrogens with zero attached hydrogens (tertiary/aromatic N) is 3. The molecule has 0 aliphatic carbocycles. The van der Waals surface area contributed by atoms with E-state index in [2.05, 4.69) is 16.7 Å². The molecule has 2 N–H and O–H groups in total. The van der Waals surface area contributed by atoms with Crippen molar-refractivity contribution in [2.24, 2.45) is 9.98 Å². The molecule has 152 valence electrons. The number of halogens is 1. The van der Waals surface area contributed by atoms with Gasteiger partial charge in [0.1, 0.15) is 24.1 Å². The minimum atomic E-state index is -1.18. The van der Waals surface area contributed by atoms with Gasteiger partial charge in [0.2, 0.25) is 0 Å². The predicted octanol–water partition coefficient (Wildman–Crippen LogP) is 3.27. The fourth-order valence-corrected chi connectivity index (χ4v) is 4.03. The molecule has 8 heteroatoms. The van der Waals surface area contributed by atoms with E-state index in [0.29, 0.717) is 10.8 Å². The quantitative estimate of drug-likeness (QED) is 0.750. The second kappa shape index (κ2) is 7.76. The van der Waals surface area contributed by atoms with Crippen molar-refractivity contribution in [3.05, 3.63) is 58.4 Å². The van der Waals surface area contributed by atoms with Crippen LogP contribution in [0.4, 0.5) is 5.82 Å². The van der Waals surface area contributed by atoms with Crippen LogP contribution in [-0.2, 0) is 9.47 Å². The first-order chi connectivity index (χ1) is 14.0. The maximum absolute atomic E-state index is 10.8. The Balaban J connectivity index is 1.68. The average Bonchev–Trinajstić information content (AvgIpc) is 3.28. The van der Waals surface area contributed by atoms with E-state index >= 15 is 0 Å². The number of ether oxygens (including phenoxy) is 2. The molecule has 2 aliphatic heterocycles. The van der Waals surface area contributed by atoms with Crippen LogP contribution in [0.3, 0.4) is 0 Å². The van der Waals surface area contributed by atoms with Gasteiger partial charge >= 0.3 is 0 Å². The zero-order valence-electron chi connectivity index (χ0n) is 16.1. The summed E-state index contributed by atoms with van der Waals surface area (Å²) in [5, 5.41) is 22.1. The summed E-state index contributed by atoms with van der Waals surface area (Å²) in [4.78, 5) is 8.28. The number of aromatic nitrogens is 1. The van der Waals surface area contributed by atoms with Crippen LogP contribution in [0.5, 0.6) is 0 Å². The minimum Gasteiger partial charge on any atom is -0.490 e. The van der Waals surface area contributed by atoms with Crippen LogP contribution in [-0.4, -0.2) is 52.6 Å². The number of aliphatic hydroxyl groups is 2. The topological polar surface area (TPSA) is 88.6 Å². The predicted molar refractivity (Wildman–Crippen MR) is 112 cm³/mol. The van der Waals surface area contributed by atoms with Gasteiger partial charge in [-0.25, -0.2) is 4.99 Å². The molecule has 29 heavy (non-hydrogen) atoms. The standard InChI is InChI=1S/C21H22ClN3O4/c1-11(23-2)14-6-8-25(20(14)24-3)21-17(27)16(26)19(29-21)18-15-5-4-13(22)10-12(15)7-9-28-18/h4-10,16-19,21,26-27H,3H2,1-2H3/t16-,17+,18+,19-,21+/m0/s1.